The molecule has 0 saturated heterocycles. The fraction of sp³-hybridized carbons (Fsp3) is 0. The molecule has 5 heterocycles. The molecule has 0 unspecified atom stereocenters. The van der Waals surface area contributed by atoms with Gasteiger partial charge in [0.05, 0.1) is 38.8 Å². The van der Waals surface area contributed by atoms with Gasteiger partial charge in [-0.1, -0.05) is 78.9 Å². The quantitative estimate of drug-likeness (QED) is 0.178. The van der Waals surface area contributed by atoms with E-state index in [9.17, 15) is 0 Å². The molecule has 0 N–H and O–H groups in total. The fourth-order valence-corrected chi connectivity index (χ4v) is 8.41. The van der Waals surface area contributed by atoms with Crippen molar-refractivity contribution in [2.75, 3.05) is 0 Å². The normalized spacial score (nSPS) is 13.1. The van der Waals surface area contributed by atoms with Gasteiger partial charge in [-0.3, -0.25) is 8.97 Å². The summed E-state index contributed by atoms with van der Waals surface area (Å²) in [6.07, 6.45) is 0. The number of ether oxygens (including phenoxy) is 1. The number of hydrogen-bond donors (Lipinski definition) is 0. The van der Waals surface area contributed by atoms with Crippen LogP contribution in [0.2, 0.25) is 0 Å². The lowest BCUT2D eigenvalue weighted by Gasteiger charge is -2.33. The van der Waals surface area contributed by atoms with Crippen LogP contribution in [0, 0.1) is 0 Å². The van der Waals surface area contributed by atoms with Gasteiger partial charge in [0.15, 0.2) is 0 Å². The molecule has 0 atom stereocenters. The Kier molecular flexibility index (Phi) is 4.96. The summed E-state index contributed by atoms with van der Waals surface area (Å²) in [6.45, 7) is -0.234. The van der Waals surface area contributed by atoms with E-state index in [1.54, 1.807) is 0 Å². The van der Waals surface area contributed by atoms with Crippen molar-refractivity contribution in [3.63, 3.8) is 0 Å². The number of imidazole rings is 2. The van der Waals surface area contributed by atoms with Crippen LogP contribution < -0.4 is 20.3 Å². The molecule has 0 fully saturated rings. The zero-order chi connectivity index (χ0) is 32.5. The van der Waals surface area contributed by atoms with E-state index in [2.05, 4.69) is 135 Å². The zero-order valence-corrected chi connectivity index (χ0v) is 26.6. The maximum atomic E-state index is 6.67. The monoisotopic (exact) mass is 640 g/mol. The third kappa shape index (κ3) is 3.35. The highest BCUT2D eigenvalue weighted by molar-refractivity contribution is 6.84. The van der Waals surface area contributed by atoms with Crippen LogP contribution in [0.1, 0.15) is 0 Å². The Balaban J connectivity index is 1.12. The predicted octanol–water partition coefficient (Wildman–Crippen LogP) is 8.80. The Morgan fingerprint density at radius 2 is 1.20 bits per heavy atom. The van der Waals surface area contributed by atoms with Gasteiger partial charge >= 0.3 is 6.92 Å². The number of hydrogen-bond acceptors (Lipinski definition) is 3. The molecule has 0 radical (unpaired) electrons. The van der Waals surface area contributed by atoms with E-state index in [-0.39, 0.29) is 6.92 Å². The molecule has 232 valence electrons. The van der Waals surface area contributed by atoms with Crippen molar-refractivity contribution in [3.05, 3.63) is 152 Å². The minimum atomic E-state index is -0.234. The summed E-state index contributed by atoms with van der Waals surface area (Å²) in [7, 11) is 0. The summed E-state index contributed by atoms with van der Waals surface area (Å²) < 4.78 is 20.3. The molecular formula is C43H25BN4O2. The van der Waals surface area contributed by atoms with Gasteiger partial charge in [0, 0.05) is 39.0 Å². The van der Waals surface area contributed by atoms with Gasteiger partial charge in [-0.05, 0) is 72.3 Å². The molecule has 10 aromatic rings. The predicted molar refractivity (Wildman–Crippen MR) is 201 cm³/mol. The highest BCUT2D eigenvalue weighted by atomic mass is 16.5. The Morgan fingerprint density at radius 3 is 2.12 bits per heavy atom. The number of fused-ring (bicyclic) bond motifs is 12. The van der Waals surface area contributed by atoms with Crippen LogP contribution in [0.3, 0.4) is 0 Å². The minimum absolute atomic E-state index is 0.234. The second kappa shape index (κ2) is 9.46. The summed E-state index contributed by atoms with van der Waals surface area (Å²) >= 11 is 0. The summed E-state index contributed by atoms with van der Waals surface area (Å²) in [5.41, 5.74) is 13.0. The number of benzene rings is 7. The first-order chi connectivity index (χ1) is 24.8. The smallest absolute Gasteiger partial charge is 0.434 e. The Labute approximate surface area is 286 Å². The first-order valence-corrected chi connectivity index (χ1v) is 16.9. The van der Waals surface area contributed by atoms with Gasteiger partial charge in [-0.25, -0.2) is 4.98 Å². The van der Waals surface area contributed by atoms with Gasteiger partial charge < -0.3 is 14.0 Å². The molecule has 0 spiro atoms. The van der Waals surface area contributed by atoms with Gasteiger partial charge in [-0.2, -0.15) is 0 Å². The Morgan fingerprint density at radius 1 is 0.480 bits per heavy atom. The maximum Gasteiger partial charge on any atom is 0.434 e. The standard InChI is InChI=1S/C43H25BN4O2/c1-5-15-34-28(11-1)30-23-26(47-37-17-7-8-18-38(37)48-36-16-6-4-14-33(36)45-43(47)48)21-22-35(30)46(34)27-24-31-29-12-2-9-19-39(29)50-44-32-13-3-10-20-40(32)49-41(25-27)42(31)44/h1-25H. The highest BCUT2D eigenvalue weighted by Crippen LogP contribution is 2.42. The van der Waals surface area contributed by atoms with Gasteiger partial charge in [0.1, 0.15) is 17.2 Å². The van der Waals surface area contributed by atoms with Crippen molar-refractivity contribution in [1.82, 2.24) is 18.5 Å². The van der Waals surface area contributed by atoms with Crippen molar-refractivity contribution >= 4 is 67.5 Å². The third-order valence-corrected chi connectivity index (χ3v) is 10.5. The van der Waals surface area contributed by atoms with Gasteiger partial charge in [-0.15, -0.1) is 0 Å². The molecule has 12 rings (SSSR count). The van der Waals surface area contributed by atoms with E-state index < -0.39 is 0 Å². The largest absolute Gasteiger partial charge is 0.551 e. The lowest BCUT2D eigenvalue weighted by Crippen LogP contribution is -2.53. The molecule has 7 aromatic carbocycles. The molecule has 7 heteroatoms. The topological polar surface area (TPSA) is 45.6 Å². The summed E-state index contributed by atoms with van der Waals surface area (Å²) in [4.78, 5) is 5.13. The van der Waals surface area contributed by atoms with E-state index in [0.717, 1.165) is 89.6 Å². The number of para-hydroxylation sites is 7. The number of rotatable bonds is 2. The molecule has 0 amide bonds. The molecule has 0 aliphatic carbocycles. The Bertz CT molecular complexity index is 3080. The highest BCUT2D eigenvalue weighted by Gasteiger charge is 2.41. The SMILES string of the molecule is c1ccc2c(c1)Oc1cc(-n3c4ccccc4c4cc(-n5c6ccccc6n6c7ccccc7nc56)ccc43)cc3c1B2Oc1ccccc1-3. The maximum absolute atomic E-state index is 6.67. The molecule has 2 aliphatic rings. The third-order valence-electron chi connectivity index (χ3n) is 10.5. The number of aromatic nitrogens is 4. The van der Waals surface area contributed by atoms with E-state index in [4.69, 9.17) is 14.4 Å². The van der Waals surface area contributed by atoms with Crippen molar-refractivity contribution in [3.8, 4) is 39.8 Å². The van der Waals surface area contributed by atoms with Crippen molar-refractivity contribution in [2.24, 2.45) is 0 Å². The van der Waals surface area contributed by atoms with Crippen LogP contribution in [-0.2, 0) is 0 Å². The molecular weight excluding hydrogens is 615 g/mol. The second-order valence-corrected chi connectivity index (χ2v) is 13.2. The minimum Gasteiger partial charge on any atom is -0.551 e. The van der Waals surface area contributed by atoms with Crippen molar-refractivity contribution < 1.29 is 9.39 Å². The summed E-state index contributed by atoms with van der Waals surface area (Å²) in [5, 5.41) is 2.36. The Hall–Kier alpha value is -6.73. The van der Waals surface area contributed by atoms with Crippen LogP contribution >= 0.6 is 0 Å². The van der Waals surface area contributed by atoms with Crippen LogP contribution in [-0.4, -0.2) is 25.4 Å². The van der Waals surface area contributed by atoms with E-state index in [0.29, 0.717) is 0 Å². The van der Waals surface area contributed by atoms with Crippen LogP contribution in [0.15, 0.2) is 152 Å². The number of nitrogens with zero attached hydrogens (tertiary/aromatic N) is 4. The first kappa shape index (κ1) is 26.3. The molecule has 3 aromatic heterocycles. The summed E-state index contributed by atoms with van der Waals surface area (Å²) in [5.74, 6) is 3.44. The van der Waals surface area contributed by atoms with Crippen LogP contribution in [0.4, 0.5) is 0 Å². The van der Waals surface area contributed by atoms with E-state index in [1.165, 1.54) is 10.8 Å². The van der Waals surface area contributed by atoms with Crippen LogP contribution in [0.5, 0.6) is 17.2 Å². The molecule has 0 bridgehead atoms. The summed E-state index contributed by atoms with van der Waals surface area (Å²) in [6, 6.07) is 53.4. The van der Waals surface area contributed by atoms with Gasteiger partial charge in [0.2, 0.25) is 5.78 Å². The molecule has 6 nitrogen and oxygen atoms in total. The second-order valence-electron chi connectivity index (χ2n) is 13.2. The van der Waals surface area contributed by atoms with E-state index >= 15 is 0 Å². The zero-order valence-electron chi connectivity index (χ0n) is 26.6. The lowest BCUT2D eigenvalue weighted by molar-refractivity contribution is 0.479. The van der Waals surface area contributed by atoms with Gasteiger partial charge in [0.25, 0.3) is 0 Å². The average Bonchev–Trinajstić information content (AvgIpc) is 3.81. The average molecular weight is 641 g/mol. The lowest BCUT2D eigenvalue weighted by atomic mass is 9.51. The van der Waals surface area contributed by atoms with Crippen LogP contribution in [0.25, 0.3) is 72.2 Å². The molecule has 50 heavy (non-hydrogen) atoms. The fourth-order valence-electron chi connectivity index (χ4n) is 8.41. The molecule has 2 aliphatic heterocycles. The van der Waals surface area contributed by atoms with Crippen molar-refractivity contribution in [1.29, 1.82) is 0 Å². The van der Waals surface area contributed by atoms with E-state index in [1.807, 2.05) is 30.3 Å². The molecule has 0 saturated carbocycles. The first-order valence-electron chi connectivity index (χ1n) is 16.9. The van der Waals surface area contributed by atoms with Crippen molar-refractivity contribution in [2.45, 2.75) is 0 Å².